The zero-order chi connectivity index (χ0) is 14.9. The van der Waals surface area contributed by atoms with Gasteiger partial charge in [-0.3, -0.25) is 4.90 Å². The molecule has 1 aromatic rings. The molecule has 1 saturated heterocycles. The van der Waals surface area contributed by atoms with Gasteiger partial charge in [0.1, 0.15) is 11.3 Å². The van der Waals surface area contributed by atoms with E-state index in [2.05, 4.69) is 36.9 Å². The zero-order valence-corrected chi connectivity index (χ0v) is 13.1. The minimum Gasteiger partial charge on any atom is -0.493 e. The monoisotopic (exact) mass is 284 g/mol. The summed E-state index contributed by atoms with van der Waals surface area (Å²) in [4.78, 5) is 2.41. The highest BCUT2D eigenvalue weighted by molar-refractivity contribution is 5.53. The number of benzene rings is 1. The van der Waals surface area contributed by atoms with E-state index in [0.29, 0.717) is 6.61 Å². The second-order valence-corrected chi connectivity index (χ2v) is 6.38. The van der Waals surface area contributed by atoms with Gasteiger partial charge in [0.2, 0.25) is 0 Å². The normalized spacial score (nSPS) is 26.3. The number of ether oxygens (including phenoxy) is 1. The molecule has 0 aromatic heterocycles. The first kappa shape index (κ1) is 14.4. The van der Waals surface area contributed by atoms with Gasteiger partial charge < -0.3 is 4.74 Å². The molecule has 1 atom stereocenters. The lowest BCUT2D eigenvalue weighted by molar-refractivity contribution is 0.101. The third kappa shape index (κ3) is 2.32. The van der Waals surface area contributed by atoms with Gasteiger partial charge in [-0.05, 0) is 63.7 Å². The third-order valence-corrected chi connectivity index (χ3v) is 4.99. The largest absolute Gasteiger partial charge is 0.493 e. The van der Waals surface area contributed by atoms with E-state index in [1.54, 1.807) is 0 Å². The quantitative estimate of drug-likeness (QED) is 0.789. The van der Waals surface area contributed by atoms with Crippen molar-refractivity contribution in [2.45, 2.75) is 51.5 Å². The maximum absolute atomic E-state index is 10.1. The van der Waals surface area contributed by atoms with Crippen molar-refractivity contribution < 1.29 is 4.74 Å². The molecule has 0 radical (unpaired) electrons. The van der Waals surface area contributed by atoms with Gasteiger partial charge in [-0.25, -0.2) is 0 Å². The summed E-state index contributed by atoms with van der Waals surface area (Å²) in [6.45, 7) is 6.97. The molecule has 3 nitrogen and oxygen atoms in total. The first-order chi connectivity index (χ1) is 10.2. The number of likely N-dealkylation sites (tertiary alicyclic amines) is 1. The van der Waals surface area contributed by atoms with E-state index in [0.717, 1.165) is 42.8 Å². The van der Waals surface area contributed by atoms with Gasteiger partial charge in [0.25, 0.3) is 0 Å². The van der Waals surface area contributed by atoms with Gasteiger partial charge >= 0.3 is 0 Å². The first-order valence-corrected chi connectivity index (χ1v) is 8.09. The number of nitrogens with zero attached hydrogens (tertiary/aromatic N) is 2. The van der Waals surface area contributed by atoms with Crippen LogP contribution >= 0.6 is 0 Å². The molecule has 2 aliphatic rings. The minimum atomic E-state index is -0.498. The highest BCUT2D eigenvalue weighted by atomic mass is 16.5. The number of nitriles is 1. The van der Waals surface area contributed by atoms with Crippen LogP contribution in [0.4, 0.5) is 0 Å². The molecular weight excluding hydrogens is 260 g/mol. The molecule has 0 bridgehead atoms. The summed E-state index contributed by atoms with van der Waals surface area (Å²) >= 11 is 0. The van der Waals surface area contributed by atoms with Crippen LogP contribution in [-0.2, 0) is 5.54 Å². The van der Waals surface area contributed by atoms with Crippen LogP contribution in [0.25, 0.3) is 0 Å². The van der Waals surface area contributed by atoms with Crippen molar-refractivity contribution in [3.63, 3.8) is 0 Å². The van der Waals surface area contributed by atoms with Crippen LogP contribution < -0.4 is 4.74 Å². The molecule has 2 heterocycles. The van der Waals surface area contributed by atoms with Crippen LogP contribution in [0.3, 0.4) is 0 Å². The Labute approximate surface area is 127 Å². The van der Waals surface area contributed by atoms with Crippen molar-refractivity contribution in [3.8, 4) is 11.8 Å². The predicted molar refractivity (Wildman–Crippen MR) is 83.4 cm³/mol. The van der Waals surface area contributed by atoms with E-state index >= 15 is 0 Å². The van der Waals surface area contributed by atoms with Crippen LogP contribution in [0.15, 0.2) is 12.1 Å². The highest BCUT2D eigenvalue weighted by Gasteiger charge is 2.43. The molecule has 0 saturated carbocycles. The third-order valence-electron chi connectivity index (χ3n) is 4.99. The Kier molecular flexibility index (Phi) is 3.91. The number of fused-ring (bicyclic) bond motifs is 1. The number of hydrogen-bond donors (Lipinski definition) is 0. The number of piperidine rings is 1. The molecule has 3 rings (SSSR count). The van der Waals surface area contributed by atoms with Crippen LogP contribution in [-0.4, -0.2) is 24.6 Å². The summed E-state index contributed by atoms with van der Waals surface area (Å²) in [5.41, 5.74) is 2.96. The number of hydrogen-bond acceptors (Lipinski definition) is 3. The van der Waals surface area contributed by atoms with Crippen LogP contribution in [0.2, 0.25) is 0 Å². The fraction of sp³-hybridized carbons (Fsp3) is 0.611. The SMILES string of the molecule is Cc1ccc(C)c2c1OCCCC2(C#N)N1CCCCC1. The van der Waals surface area contributed by atoms with Gasteiger partial charge in [-0.2, -0.15) is 5.26 Å². The fourth-order valence-corrected chi connectivity index (χ4v) is 3.89. The van der Waals surface area contributed by atoms with Crippen molar-refractivity contribution in [3.05, 3.63) is 28.8 Å². The molecule has 0 amide bonds. The Balaban J connectivity index is 2.17. The van der Waals surface area contributed by atoms with Crippen molar-refractivity contribution in [1.29, 1.82) is 5.26 Å². The van der Waals surface area contributed by atoms with E-state index in [1.807, 2.05) is 0 Å². The van der Waals surface area contributed by atoms with Crippen molar-refractivity contribution in [1.82, 2.24) is 4.90 Å². The van der Waals surface area contributed by atoms with E-state index in [9.17, 15) is 5.26 Å². The van der Waals surface area contributed by atoms with Crippen molar-refractivity contribution in [2.24, 2.45) is 0 Å². The fourth-order valence-electron chi connectivity index (χ4n) is 3.89. The zero-order valence-electron chi connectivity index (χ0n) is 13.1. The molecule has 3 heteroatoms. The second-order valence-electron chi connectivity index (χ2n) is 6.38. The topological polar surface area (TPSA) is 36.3 Å². The molecule has 1 fully saturated rings. The Morgan fingerprint density at radius 3 is 2.52 bits per heavy atom. The van der Waals surface area contributed by atoms with Crippen molar-refractivity contribution in [2.75, 3.05) is 19.7 Å². The van der Waals surface area contributed by atoms with Gasteiger partial charge in [0, 0.05) is 5.56 Å². The minimum absolute atomic E-state index is 0.498. The van der Waals surface area contributed by atoms with Gasteiger partial charge in [-0.1, -0.05) is 18.6 Å². The summed E-state index contributed by atoms with van der Waals surface area (Å²) in [5.74, 6) is 0.958. The van der Waals surface area contributed by atoms with E-state index < -0.39 is 5.54 Å². The Hall–Kier alpha value is -1.53. The number of rotatable bonds is 1. The lowest BCUT2D eigenvalue weighted by Gasteiger charge is -2.41. The molecule has 1 unspecified atom stereocenters. The summed E-state index contributed by atoms with van der Waals surface area (Å²) in [5, 5.41) is 10.1. The molecule has 21 heavy (non-hydrogen) atoms. The predicted octanol–water partition coefficient (Wildman–Crippen LogP) is 3.68. The number of aryl methyl sites for hydroxylation is 2. The molecule has 2 aliphatic heterocycles. The Morgan fingerprint density at radius 1 is 1.10 bits per heavy atom. The maximum Gasteiger partial charge on any atom is 0.138 e. The smallest absolute Gasteiger partial charge is 0.138 e. The lowest BCUT2D eigenvalue weighted by Crippen LogP contribution is -2.48. The first-order valence-electron chi connectivity index (χ1n) is 8.09. The molecule has 0 spiro atoms. The molecule has 1 aromatic carbocycles. The van der Waals surface area contributed by atoms with Crippen LogP contribution in [0.1, 0.15) is 48.8 Å². The summed E-state index contributed by atoms with van der Waals surface area (Å²) in [7, 11) is 0. The molecule has 0 N–H and O–H groups in total. The standard InChI is InChI=1S/C18H24N2O/c1-14-7-8-15(2)17-16(14)18(13-19,9-6-12-21-17)20-10-4-3-5-11-20/h7-8H,3-6,9-12H2,1-2H3. The average Bonchev–Trinajstić information content (AvgIpc) is 2.73. The highest BCUT2D eigenvalue weighted by Crippen LogP contribution is 2.44. The van der Waals surface area contributed by atoms with E-state index in [-0.39, 0.29) is 0 Å². The summed E-state index contributed by atoms with van der Waals surface area (Å²) in [6.07, 6.45) is 5.50. The van der Waals surface area contributed by atoms with Gasteiger partial charge in [-0.15, -0.1) is 0 Å². The van der Waals surface area contributed by atoms with E-state index in [1.165, 1.54) is 24.8 Å². The Morgan fingerprint density at radius 2 is 1.81 bits per heavy atom. The summed E-state index contributed by atoms with van der Waals surface area (Å²) < 4.78 is 6.03. The van der Waals surface area contributed by atoms with Gasteiger partial charge in [0.05, 0.1) is 12.7 Å². The van der Waals surface area contributed by atoms with E-state index in [4.69, 9.17) is 4.74 Å². The maximum atomic E-state index is 10.1. The van der Waals surface area contributed by atoms with Gasteiger partial charge in [0.15, 0.2) is 0 Å². The lowest BCUT2D eigenvalue weighted by atomic mass is 9.80. The Bertz CT molecular complexity index is 569. The van der Waals surface area contributed by atoms with Crippen LogP contribution in [0, 0.1) is 25.2 Å². The average molecular weight is 284 g/mol. The van der Waals surface area contributed by atoms with Crippen molar-refractivity contribution >= 4 is 0 Å². The molecular formula is C18H24N2O. The molecule has 0 aliphatic carbocycles. The molecule has 112 valence electrons. The second kappa shape index (κ2) is 5.69. The van der Waals surface area contributed by atoms with Crippen LogP contribution in [0.5, 0.6) is 5.75 Å². The summed E-state index contributed by atoms with van der Waals surface area (Å²) in [6, 6.07) is 6.94.